The van der Waals surface area contributed by atoms with Crippen LogP contribution >= 0.6 is 11.3 Å². The average Bonchev–Trinajstić information content (AvgIpc) is 2.88. The van der Waals surface area contributed by atoms with Gasteiger partial charge in [0.2, 0.25) is 0 Å². The van der Waals surface area contributed by atoms with Crippen LogP contribution < -0.4 is 5.32 Å². The fourth-order valence-corrected chi connectivity index (χ4v) is 2.39. The van der Waals surface area contributed by atoms with Crippen molar-refractivity contribution in [1.29, 1.82) is 0 Å². The monoisotopic (exact) mass is 261 g/mol. The summed E-state index contributed by atoms with van der Waals surface area (Å²) in [6.07, 6.45) is 0.502. The molecule has 0 bridgehead atoms. The Morgan fingerprint density at radius 2 is 2.00 bits per heavy atom. The Bertz CT molecular complexity index is 482. The molecule has 0 aliphatic heterocycles. The average molecular weight is 261 g/mol. The summed E-state index contributed by atoms with van der Waals surface area (Å²) < 4.78 is 0. The van der Waals surface area contributed by atoms with Crippen molar-refractivity contribution in [3.8, 4) is 0 Å². The van der Waals surface area contributed by atoms with Crippen LogP contribution in [0.1, 0.15) is 10.4 Å². The Morgan fingerprint density at radius 1 is 1.22 bits per heavy atom. The lowest BCUT2D eigenvalue weighted by atomic mass is 10.1. The quantitative estimate of drug-likeness (QED) is 0.840. The van der Waals surface area contributed by atoms with E-state index in [-0.39, 0.29) is 0 Å². The van der Waals surface area contributed by atoms with Gasteiger partial charge in [0.1, 0.15) is 6.04 Å². The van der Waals surface area contributed by atoms with Gasteiger partial charge in [-0.05, 0) is 23.4 Å². The van der Waals surface area contributed by atoms with Crippen molar-refractivity contribution in [2.24, 2.45) is 0 Å². The number of hydrogen-bond acceptors (Lipinski definition) is 3. The first-order chi connectivity index (χ1) is 8.75. The molecule has 2 N–H and O–H groups in total. The lowest BCUT2D eigenvalue weighted by molar-refractivity contribution is -0.139. The van der Waals surface area contributed by atoms with E-state index < -0.39 is 12.0 Å². The van der Waals surface area contributed by atoms with E-state index >= 15 is 0 Å². The first-order valence-electron chi connectivity index (χ1n) is 5.78. The van der Waals surface area contributed by atoms with Crippen LogP contribution in [0, 0.1) is 0 Å². The van der Waals surface area contributed by atoms with Crippen LogP contribution in [-0.4, -0.2) is 17.1 Å². The Labute approximate surface area is 110 Å². The topological polar surface area (TPSA) is 49.3 Å². The molecule has 0 fully saturated rings. The van der Waals surface area contributed by atoms with Crippen molar-refractivity contribution in [2.45, 2.75) is 19.0 Å². The van der Waals surface area contributed by atoms with Crippen LogP contribution in [0.15, 0.2) is 47.8 Å². The molecule has 0 saturated heterocycles. The maximum atomic E-state index is 11.2. The fraction of sp³-hybridized carbons (Fsp3) is 0.214. The molecule has 4 heteroatoms. The second-order valence-corrected chi connectivity index (χ2v) is 5.07. The van der Waals surface area contributed by atoms with Crippen molar-refractivity contribution >= 4 is 17.3 Å². The predicted molar refractivity (Wildman–Crippen MR) is 72.7 cm³/mol. The number of nitrogens with one attached hydrogen (secondary N) is 1. The fourth-order valence-electron chi connectivity index (χ4n) is 1.73. The number of carboxylic acid groups (broad SMARTS) is 1. The second-order valence-electron chi connectivity index (χ2n) is 4.04. The molecule has 1 atom stereocenters. The molecule has 2 aromatic rings. The SMILES string of the molecule is O=C(O)[C@H](Cc1ccccc1)NCc1cccs1. The summed E-state index contributed by atoms with van der Waals surface area (Å²) in [6, 6.07) is 13.1. The highest BCUT2D eigenvalue weighted by Crippen LogP contribution is 2.09. The smallest absolute Gasteiger partial charge is 0.321 e. The molecule has 0 unspecified atom stereocenters. The maximum absolute atomic E-state index is 11.2. The van der Waals surface area contributed by atoms with E-state index in [0.717, 1.165) is 10.4 Å². The molecule has 94 valence electrons. The van der Waals surface area contributed by atoms with Gasteiger partial charge >= 0.3 is 5.97 Å². The summed E-state index contributed by atoms with van der Waals surface area (Å²) in [6.45, 7) is 0.599. The number of hydrogen-bond donors (Lipinski definition) is 2. The standard InChI is InChI=1S/C14H15NO2S/c16-14(17)13(9-11-5-2-1-3-6-11)15-10-12-7-4-8-18-12/h1-8,13,15H,9-10H2,(H,16,17)/t13-/m0/s1. The van der Waals surface area contributed by atoms with Gasteiger partial charge in [-0.25, -0.2) is 0 Å². The Kier molecular flexibility index (Phi) is 4.50. The van der Waals surface area contributed by atoms with Crippen molar-refractivity contribution in [1.82, 2.24) is 5.32 Å². The Hall–Kier alpha value is -1.65. The third-order valence-corrected chi connectivity index (χ3v) is 3.56. The molecule has 3 nitrogen and oxygen atoms in total. The molecule has 1 aromatic carbocycles. The summed E-state index contributed by atoms with van der Waals surface area (Å²) >= 11 is 1.63. The Balaban J connectivity index is 1.94. The Morgan fingerprint density at radius 3 is 2.61 bits per heavy atom. The van der Waals surface area contributed by atoms with Crippen LogP contribution in [0.2, 0.25) is 0 Å². The molecule has 0 radical (unpaired) electrons. The van der Waals surface area contributed by atoms with Crippen LogP contribution in [0.5, 0.6) is 0 Å². The van der Waals surface area contributed by atoms with Crippen molar-refractivity contribution < 1.29 is 9.90 Å². The molecule has 0 aliphatic carbocycles. The number of aliphatic carboxylic acids is 1. The van der Waals surface area contributed by atoms with Gasteiger partial charge < -0.3 is 5.11 Å². The zero-order valence-corrected chi connectivity index (χ0v) is 10.7. The van der Waals surface area contributed by atoms with Crippen molar-refractivity contribution in [2.75, 3.05) is 0 Å². The van der Waals surface area contributed by atoms with E-state index in [1.54, 1.807) is 11.3 Å². The second kappa shape index (κ2) is 6.33. The van der Waals surface area contributed by atoms with Crippen LogP contribution in [0.3, 0.4) is 0 Å². The lowest BCUT2D eigenvalue weighted by Gasteiger charge is -2.13. The van der Waals surface area contributed by atoms with Gasteiger partial charge in [0, 0.05) is 11.4 Å². The lowest BCUT2D eigenvalue weighted by Crippen LogP contribution is -2.37. The summed E-state index contributed by atoms with van der Waals surface area (Å²) in [5.41, 5.74) is 1.03. The van der Waals surface area contributed by atoms with Gasteiger partial charge in [0.05, 0.1) is 0 Å². The summed E-state index contributed by atoms with van der Waals surface area (Å²) in [5.74, 6) is -0.810. The highest BCUT2D eigenvalue weighted by molar-refractivity contribution is 7.09. The molecule has 0 aliphatic rings. The highest BCUT2D eigenvalue weighted by atomic mass is 32.1. The molecule has 1 heterocycles. The molecule has 2 rings (SSSR count). The van der Waals surface area contributed by atoms with Gasteiger partial charge in [-0.1, -0.05) is 36.4 Å². The third kappa shape index (κ3) is 3.68. The van der Waals surface area contributed by atoms with Crippen LogP contribution in [-0.2, 0) is 17.8 Å². The number of rotatable bonds is 6. The van der Waals surface area contributed by atoms with E-state index in [1.807, 2.05) is 47.8 Å². The van der Waals surface area contributed by atoms with Gasteiger partial charge in [-0.15, -0.1) is 11.3 Å². The van der Waals surface area contributed by atoms with Crippen LogP contribution in [0.25, 0.3) is 0 Å². The molecular formula is C14H15NO2S. The number of carbonyl (C=O) groups is 1. The summed E-state index contributed by atoms with van der Waals surface area (Å²) in [5, 5.41) is 14.3. The molecule has 0 spiro atoms. The van der Waals surface area contributed by atoms with E-state index in [2.05, 4.69) is 5.32 Å². The highest BCUT2D eigenvalue weighted by Gasteiger charge is 2.17. The molecule has 0 saturated carbocycles. The van der Waals surface area contributed by atoms with E-state index in [9.17, 15) is 9.90 Å². The minimum absolute atomic E-state index is 0.502. The van der Waals surface area contributed by atoms with E-state index in [1.165, 1.54) is 0 Å². The van der Waals surface area contributed by atoms with Gasteiger partial charge in [0.15, 0.2) is 0 Å². The first kappa shape index (κ1) is 12.8. The maximum Gasteiger partial charge on any atom is 0.321 e. The normalized spacial score (nSPS) is 12.2. The van der Waals surface area contributed by atoms with Gasteiger partial charge in [-0.3, -0.25) is 10.1 Å². The first-order valence-corrected chi connectivity index (χ1v) is 6.66. The molecule has 0 amide bonds. The number of carboxylic acids is 1. The van der Waals surface area contributed by atoms with Crippen molar-refractivity contribution in [3.63, 3.8) is 0 Å². The van der Waals surface area contributed by atoms with E-state index in [0.29, 0.717) is 13.0 Å². The predicted octanol–water partition coefficient (Wildman–Crippen LogP) is 2.53. The zero-order chi connectivity index (χ0) is 12.8. The number of thiophene rings is 1. The largest absolute Gasteiger partial charge is 0.480 e. The van der Waals surface area contributed by atoms with Crippen molar-refractivity contribution in [3.05, 3.63) is 58.3 Å². The summed E-state index contributed by atoms with van der Waals surface area (Å²) in [4.78, 5) is 12.4. The number of benzene rings is 1. The van der Waals surface area contributed by atoms with Gasteiger partial charge in [-0.2, -0.15) is 0 Å². The van der Waals surface area contributed by atoms with Gasteiger partial charge in [0.25, 0.3) is 0 Å². The third-order valence-electron chi connectivity index (χ3n) is 2.68. The molecule has 18 heavy (non-hydrogen) atoms. The van der Waals surface area contributed by atoms with E-state index in [4.69, 9.17) is 0 Å². The minimum atomic E-state index is -0.810. The molecular weight excluding hydrogens is 246 g/mol. The molecule has 1 aromatic heterocycles. The minimum Gasteiger partial charge on any atom is -0.480 e. The zero-order valence-electron chi connectivity index (χ0n) is 9.87. The van der Waals surface area contributed by atoms with Crippen LogP contribution in [0.4, 0.5) is 0 Å². The summed E-state index contributed by atoms with van der Waals surface area (Å²) in [7, 11) is 0.